The highest BCUT2D eigenvalue weighted by Gasteiger charge is 2.54. The summed E-state index contributed by atoms with van der Waals surface area (Å²) in [5, 5.41) is 0. The predicted molar refractivity (Wildman–Crippen MR) is 143 cm³/mol. The van der Waals surface area contributed by atoms with Crippen LogP contribution in [0.25, 0.3) is 0 Å². The maximum absolute atomic E-state index is 13.8. The van der Waals surface area contributed by atoms with Gasteiger partial charge in [0.2, 0.25) is 0 Å². The summed E-state index contributed by atoms with van der Waals surface area (Å²) in [5.74, 6) is -4.16. The van der Waals surface area contributed by atoms with Crippen LogP contribution in [0.2, 0.25) is 0 Å². The zero-order valence-electron chi connectivity index (χ0n) is 21.8. The smallest absolute Gasteiger partial charge is 0.292 e. The zero-order chi connectivity index (χ0) is 27.5. The monoisotopic (exact) mass is 510 g/mol. The molecule has 0 fully saturated rings. The molecule has 194 valence electrons. The van der Waals surface area contributed by atoms with Gasteiger partial charge in [-0.3, -0.25) is 9.59 Å². The van der Waals surface area contributed by atoms with E-state index in [9.17, 15) is 19.2 Å². The molecule has 38 heavy (non-hydrogen) atoms. The van der Waals surface area contributed by atoms with Crippen molar-refractivity contribution in [3.8, 4) is 0 Å². The quantitative estimate of drug-likeness (QED) is 0.209. The lowest BCUT2D eigenvalue weighted by atomic mass is 9.68. The Morgan fingerprint density at radius 3 is 1.32 bits per heavy atom. The molecule has 0 saturated heterocycles. The highest BCUT2D eigenvalue weighted by atomic mass is 17.2. The summed E-state index contributed by atoms with van der Waals surface area (Å²) in [6.45, 7) is 7.01. The van der Waals surface area contributed by atoms with Crippen molar-refractivity contribution in [1.29, 1.82) is 0 Å². The van der Waals surface area contributed by atoms with Crippen molar-refractivity contribution >= 4 is 23.5 Å². The molecule has 0 saturated carbocycles. The van der Waals surface area contributed by atoms with Gasteiger partial charge in [-0.15, -0.1) is 0 Å². The highest BCUT2D eigenvalue weighted by Crippen LogP contribution is 2.41. The second kappa shape index (κ2) is 10.6. The largest absolute Gasteiger partial charge is 0.373 e. The second-order valence-electron chi connectivity index (χ2n) is 9.83. The van der Waals surface area contributed by atoms with Gasteiger partial charge in [-0.1, -0.05) is 111 Å². The number of aryl methyl sites for hydroxylation is 2. The van der Waals surface area contributed by atoms with E-state index >= 15 is 0 Å². The van der Waals surface area contributed by atoms with E-state index in [0.717, 1.165) is 0 Å². The van der Waals surface area contributed by atoms with Crippen LogP contribution in [0.1, 0.15) is 45.7 Å². The van der Waals surface area contributed by atoms with Crippen LogP contribution < -0.4 is 0 Å². The molecule has 0 aliphatic heterocycles. The third kappa shape index (κ3) is 4.36. The van der Waals surface area contributed by atoms with Gasteiger partial charge in [0.05, 0.1) is 0 Å². The summed E-state index contributed by atoms with van der Waals surface area (Å²) in [6.07, 6.45) is 13.1. The summed E-state index contributed by atoms with van der Waals surface area (Å²) in [5.41, 5.74) is -1.37. The van der Waals surface area contributed by atoms with Crippen molar-refractivity contribution in [3.05, 3.63) is 119 Å². The second-order valence-corrected chi connectivity index (χ2v) is 9.83. The molecule has 4 unspecified atom stereocenters. The van der Waals surface area contributed by atoms with E-state index in [1.807, 2.05) is 0 Å². The van der Waals surface area contributed by atoms with Gasteiger partial charge < -0.3 is 0 Å². The Morgan fingerprint density at radius 2 is 0.974 bits per heavy atom. The summed E-state index contributed by atoms with van der Waals surface area (Å²) in [6, 6.07) is 13.9. The first-order valence-corrected chi connectivity index (χ1v) is 12.5. The Kier molecular flexibility index (Phi) is 7.44. The Morgan fingerprint density at radius 1 is 0.605 bits per heavy atom. The van der Waals surface area contributed by atoms with E-state index in [0.29, 0.717) is 22.3 Å². The van der Waals surface area contributed by atoms with Crippen LogP contribution in [0.3, 0.4) is 0 Å². The normalized spacial score (nSPS) is 25.6. The Bertz CT molecular complexity index is 1300. The zero-order valence-corrected chi connectivity index (χ0v) is 21.8. The molecule has 0 spiro atoms. The fraction of sp³-hybridized carbons (Fsp3) is 0.250. The molecular formula is C32H30O6. The average molecular weight is 511 g/mol. The van der Waals surface area contributed by atoms with Crippen LogP contribution in [0, 0.1) is 36.5 Å². The fourth-order valence-corrected chi connectivity index (χ4v) is 5.06. The van der Waals surface area contributed by atoms with E-state index in [1.54, 1.807) is 113 Å². The van der Waals surface area contributed by atoms with E-state index in [2.05, 4.69) is 0 Å². The minimum Gasteiger partial charge on any atom is -0.292 e. The topological polar surface area (TPSA) is 86.7 Å². The molecule has 4 rings (SSSR count). The van der Waals surface area contributed by atoms with Crippen LogP contribution >= 0.6 is 0 Å². The first-order valence-electron chi connectivity index (χ1n) is 12.5. The van der Waals surface area contributed by atoms with Crippen LogP contribution in [0.5, 0.6) is 0 Å². The molecule has 0 N–H and O–H groups in total. The predicted octanol–water partition coefficient (Wildman–Crippen LogP) is 5.87. The molecule has 6 heteroatoms. The third-order valence-electron chi connectivity index (χ3n) is 7.58. The van der Waals surface area contributed by atoms with E-state index < -0.39 is 46.2 Å². The first-order chi connectivity index (χ1) is 18.2. The van der Waals surface area contributed by atoms with Crippen molar-refractivity contribution in [2.24, 2.45) is 22.7 Å². The molecule has 0 bridgehead atoms. The molecule has 4 atom stereocenters. The van der Waals surface area contributed by atoms with Crippen molar-refractivity contribution in [2.75, 3.05) is 0 Å². The lowest BCUT2D eigenvalue weighted by Crippen LogP contribution is -2.48. The number of ketones is 2. The van der Waals surface area contributed by atoms with Crippen LogP contribution in [-0.2, 0) is 19.4 Å². The fourth-order valence-electron chi connectivity index (χ4n) is 5.06. The number of hydrogen-bond acceptors (Lipinski definition) is 6. The molecule has 0 radical (unpaired) electrons. The van der Waals surface area contributed by atoms with Crippen LogP contribution in [0.4, 0.5) is 0 Å². The minimum absolute atomic E-state index is 0.364. The molecule has 2 aromatic carbocycles. The molecule has 0 amide bonds. The Hall–Kier alpha value is -4.32. The van der Waals surface area contributed by atoms with Gasteiger partial charge in [-0.2, -0.15) is 0 Å². The molecule has 0 aromatic heterocycles. The standard InChI is InChI=1S/C32H30O6/c1-21-13-5-7-17-25(21)27(33)31(19-11-9-15-23(31)3)29(35)37-38-30(36)32(20-12-10-16-24(32)4)28(34)26-18-8-6-14-22(26)2/h5-20,23-24H,1-4H3. The maximum atomic E-state index is 13.8. The molecule has 6 nitrogen and oxygen atoms in total. The molecule has 0 heterocycles. The number of benzene rings is 2. The van der Waals surface area contributed by atoms with Gasteiger partial charge in [0.15, 0.2) is 22.4 Å². The lowest BCUT2D eigenvalue weighted by molar-refractivity contribution is -0.269. The van der Waals surface area contributed by atoms with Crippen molar-refractivity contribution in [3.63, 3.8) is 0 Å². The van der Waals surface area contributed by atoms with Crippen LogP contribution in [0.15, 0.2) is 97.1 Å². The Labute approximate surface area is 222 Å². The first kappa shape index (κ1) is 26.7. The highest BCUT2D eigenvalue weighted by molar-refractivity contribution is 6.17. The molecule has 2 aliphatic carbocycles. The number of Topliss-reactive ketones (excluding diaryl/α,β-unsaturated/α-hetero) is 2. The molecular weight excluding hydrogens is 480 g/mol. The summed E-state index contributed by atoms with van der Waals surface area (Å²) < 4.78 is 0. The van der Waals surface area contributed by atoms with Crippen molar-refractivity contribution in [2.45, 2.75) is 27.7 Å². The van der Waals surface area contributed by atoms with Gasteiger partial charge >= 0.3 is 11.9 Å². The van der Waals surface area contributed by atoms with Crippen molar-refractivity contribution in [1.82, 2.24) is 0 Å². The van der Waals surface area contributed by atoms with Gasteiger partial charge in [0.25, 0.3) is 0 Å². The van der Waals surface area contributed by atoms with Gasteiger partial charge in [0, 0.05) is 23.0 Å². The lowest BCUT2D eigenvalue weighted by Gasteiger charge is -2.34. The van der Waals surface area contributed by atoms with E-state index in [-0.39, 0.29) is 0 Å². The summed E-state index contributed by atoms with van der Waals surface area (Å²) >= 11 is 0. The van der Waals surface area contributed by atoms with Crippen LogP contribution in [-0.4, -0.2) is 23.5 Å². The number of allylic oxidation sites excluding steroid dienone is 6. The molecule has 2 aliphatic rings. The van der Waals surface area contributed by atoms with Gasteiger partial charge in [-0.25, -0.2) is 19.4 Å². The third-order valence-corrected chi connectivity index (χ3v) is 7.58. The average Bonchev–Trinajstić information content (AvgIpc) is 2.92. The van der Waals surface area contributed by atoms with Gasteiger partial charge in [-0.05, 0) is 25.0 Å². The summed E-state index contributed by atoms with van der Waals surface area (Å²) in [4.78, 5) is 65.0. The number of rotatable bonds is 6. The molecule has 2 aromatic rings. The van der Waals surface area contributed by atoms with E-state index in [4.69, 9.17) is 9.78 Å². The minimum atomic E-state index is -1.75. The number of carbonyl (C=O) groups excluding carboxylic acids is 4. The SMILES string of the molecule is Cc1ccccc1C(=O)C1(C(=O)OOC(=O)C2(C(=O)c3ccccc3C)C=CC=CC2C)C=CC=CC1C. The van der Waals surface area contributed by atoms with E-state index in [1.165, 1.54) is 12.2 Å². The Balaban J connectivity index is 1.66. The van der Waals surface area contributed by atoms with Crippen molar-refractivity contribution < 1.29 is 29.0 Å². The maximum Gasteiger partial charge on any atom is 0.373 e. The summed E-state index contributed by atoms with van der Waals surface area (Å²) in [7, 11) is 0. The number of carbonyl (C=O) groups is 4. The van der Waals surface area contributed by atoms with Gasteiger partial charge in [0.1, 0.15) is 0 Å². The number of hydrogen-bond donors (Lipinski definition) is 0.